The van der Waals surface area contributed by atoms with Crippen molar-refractivity contribution in [3.8, 4) is 0 Å². The number of ether oxygens (including phenoxy) is 1. The first-order chi connectivity index (χ1) is 12.6. The number of methoxy groups -OCH3 is 1. The fourth-order valence-corrected chi connectivity index (χ4v) is 3.54. The van der Waals surface area contributed by atoms with Crippen LogP contribution in [-0.4, -0.2) is 51.8 Å². The molecule has 0 saturated heterocycles. The highest BCUT2D eigenvalue weighted by atomic mass is 16.5. The lowest BCUT2D eigenvalue weighted by atomic mass is 9.83. The zero-order valence-electron chi connectivity index (χ0n) is 16.8. The minimum atomic E-state index is 0.343. The highest BCUT2D eigenvalue weighted by molar-refractivity contribution is 5.79. The molecule has 0 aliphatic heterocycles. The smallest absolute Gasteiger partial charge is 0.191 e. The van der Waals surface area contributed by atoms with Crippen molar-refractivity contribution in [3.63, 3.8) is 0 Å². The van der Waals surface area contributed by atoms with Crippen LogP contribution in [0.4, 0.5) is 5.82 Å². The van der Waals surface area contributed by atoms with Gasteiger partial charge in [0.2, 0.25) is 0 Å². The molecular formula is C20H35N5O. The Balaban J connectivity index is 1.98. The Hall–Kier alpha value is -1.82. The predicted molar refractivity (Wildman–Crippen MR) is 109 cm³/mol. The van der Waals surface area contributed by atoms with E-state index < -0.39 is 0 Å². The summed E-state index contributed by atoms with van der Waals surface area (Å²) in [4.78, 5) is 11.4. The summed E-state index contributed by atoms with van der Waals surface area (Å²) in [5.41, 5.74) is 1.32. The largest absolute Gasteiger partial charge is 0.385 e. The molecule has 1 aliphatic carbocycles. The Labute approximate surface area is 158 Å². The number of nitrogens with one attached hydrogen (secondary N) is 2. The van der Waals surface area contributed by atoms with Gasteiger partial charge in [-0.05, 0) is 43.7 Å². The van der Waals surface area contributed by atoms with Crippen LogP contribution >= 0.6 is 0 Å². The first-order valence-corrected chi connectivity index (χ1v) is 9.73. The number of anilines is 1. The summed E-state index contributed by atoms with van der Waals surface area (Å²) in [6.07, 6.45) is 6.30. The highest BCUT2D eigenvalue weighted by Crippen LogP contribution is 2.40. The quantitative estimate of drug-likeness (QED) is 0.523. The molecule has 1 aromatic heterocycles. The number of hydrogen-bond donors (Lipinski definition) is 2. The van der Waals surface area contributed by atoms with Gasteiger partial charge >= 0.3 is 0 Å². The lowest BCUT2D eigenvalue weighted by Gasteiger charge is -2.30. The molecule has 1 aromatic rings. The Bertz CT molecular complexity index is 567. The Kier molecular flexibility index (Phi) is 8.16. The molecule has 26 heavy (non-hydrogen) atoms. The maximum Gasteiger partial charge on any atom is 0.191 e. The van der Waals surface area contributed by atoms with Gasteiger partial charge in [-0.1, -0.05) is 18.9 Å². The van der Waals surface area contributed by atoms with Crippen molar-refractivity contribution in [2.24, 2.45) is 10.4 Å². The number of pyridine rings is 1. The topological polar surface area (TPSA) is 61.8 Å². The maximum absolute atomic E-state index is 5.33. The SMILES string of the molecule is CCNC(=NCc1cccc(N(C)C)n1)NCC1(CCOC)CCCC1. The number of aliphatic imine (C=N–C) groups is 1. The van der Waals surface area contributed by atoms with Crippen molar-refractivity contribution in [2.75, 3.05) is 45.8 Å². The molecule has 0 spiro atoms. The fourth-order valence-electron chi connectivity index (χ4n) is 3.54. The molecule has 1 heterocycles. The Morgan fingerprint density at radius 2 is 2.04 bits per heavy atom. The van der Waals surface area contributed by atoms with Gasteiger partial charge in [0, 0.05) is 40.9 Å². The third-order valence-electron chi connectivity index (χ3n) is 5.13. The normalized spacial score (nSPS) is 16.5. The summed E-state index contributed by atoms with van der Waals surface area (Å²) in [5, 5.41) is 6.92. The molecule has 1 aliphatic rings. The number of hydrogen-bond acceptors (Lipinski definition) is 4. The van der Waals surface area contributed by atoms with Crippen molar-refractivity contribution in [3.05, 3.63) is 23.9 Å². The van der Waals surface area contributed by atoms with Gasteiger partial charge < -0.3 is 20.3 Å². The van der Waals surface area contributed by atoms with E-state index in [-0.39, 0.29) is 0 Å². The summed E-state index contributed by atoms with van der Waals surface area (Å²) in [6, 6.07) is 6.07. The van der Waals surface area contributed by atoms with Crippen LogP contribution in [0.2, 0.25) is 0 Å². The molecule has 0 atom stereocenters. The first-order valence-electron chi connectivity index (χ1n) is 9.73. The van der Waals surface area contributed by atoms with Gasteiger partial charge in [-0.15, -0.1) is 0 Å². The van der Waals surface area contributed by atoms with Crippen molar-refractivity contribution in [1.82, 2.24) is 15.6 Å². The molecule has 146 valence electrons. The molecule has 2 rings (SSSR count). The number of guanidine groups is 1. The van der Waals surface area contributed by atoms with Gasteiger partial charge in [0.05, 0.1) is 12.2 Å². The average Bonchev–Trinajstić information content (AvgIpc) is 3.12. The second-order valence-corrected chi connectivity index (χ2v) is 7.38. The van der Waals surface area contributed by atoms with E-state index >= 15 is 0 Å². The van der Waals surface area contributed by atoms with E-state index in [1.807, 2.05) is 37.2 Å². The van der Waals surface area contributed by atoms with Crippen LogP contribution in [0.5, 0.6) is 0 Å². The van der Waals surface area contributed by atoms with E-state index in [0.717, 1.165) is 43.6 Å². The minimum absolute atomic E-state index is 0.343. The minimum Gasteiger partial charge on any atom is -0.385 e. The van der Waals surface area contributed by atoms with Gasteiger partial charge in [0.15, 0.2) is 5.96 Å². The van der Waals surface area contributed by atoms with Crippen molar-refractivity contribution < 1.29 is 4.74 Å². The van der Waals surface area contributed by atoms with Crippen molar-refractivity contribution in [1.29, 1.82) is 0 Å². The third-order valence-corrected chi connectivity index (χ3v) is 5.13. The van der Waals surface area contributed by atoms with Crippen molar-refractivity contribution in [2.45, 2.75) is 45.6 Å². The molecule has 0 bridgehead atoms. The van der Waals surface area contributed by atoms with E-state index in [2.05, 4.69) is 22.5 Å². The molecule has 0 unspecified atom stereocenters. The second kappa shape index (κ2) is 10.4. The molecule has 6 heteroatoms. The maximum atomic E-state index is 5.33. The molecule has 2 N–H and O–H groups in total. The zero-order valence-corrected chi connectivity index (χ0v) is 16.8. The molecule has 0 amide bonds. The average molecular weight is 362 g/mol. The molecule has 0 radical (unpaired) electrons. The lowest BCUT2D eigenvalue weighted by Crippen LogP contribution is -2.43. The van der Waals surface area contributed by atoms with Crippen LogP contribution in [0.1, 0.15) is 44.7 Å². The lowest BCUT2D eigenvalue weighted by molar-refractivity contribution is 0.138. The summed E-state index contributed by atoms with van der Waals surface area (Å²) >= 11 is 0. The van der Waals surface area contributed by atoms with Crippen molar-refractivity contribution >= 4 is 11.8 Å². The van der Waals surface area contributed by atoms with Gasteiger partial charge in [-0.25, -0.2) is 9.98 Å². The Morgan fingerprint density at radius 1 is 1.27 bits per heavy atom. The first kappa shape index (κ1) is 20.5. The summed E-state index contributed by atoms with van der Waals surface area (Å²) < 4.78 is 5.33. The number of aromatic nitrogens is 1. The van der Waals surface area contributed by atoms with Gasteiger partial charge in [-0.3, -0.25) is 0 Å². The third kappa shape index (κ3) is 6.16. The fraction of sp³-hybridized carbons (Fsp3) is 0.700. The van der Waals surface area contributed by atoms with Crippen LogP contribution in [-0.2, 0) is 11.3 Å². The van der Waals surface area contributed by atoms with Gasteiger partial charge in [0.25, 0.3) is 0 Å². The van der Waals surface area contributed by atoms with Crippen LogP contribution in [0.25, 0.3) is 0 Å². The van der Waals surface area contributed by atoms with Crippen LogP contribution in [0.15, 0.2) is 23.2 Å². The number of nitrogens with zero attached hydrogens (tertiary/aromatic N) is 3. The second-order valence-electron chi connectivity index (χ2n) is 7.38. The summed E-state index contributed by atoms with van der Waals surface area (Å²) in [5.74, 6) is 1.83. The van der Waals surface area contributed by atoms with Crippen LogP contribution in [0.3, 0.4) is 0 Å². The molecule has 6 nitrogen and oxygen atoms in total. The van der Waals surface area contributed by atoms with Gasteiger partial charge in [0.1, 0.15) is 5.82 Å². The highest BCUT2D eigenvalue weighted by Gasteiger charge is 2.33. The molecule has 0 aromatic carbocycles. The van der Waals surface area contributed by atoms with E-state index in [9.17, 15) is 0 Å². The number of rotatable bonds is 9. The van der Waals surface area contributed by atoms with Gasteiger partial charge in [-0.2, -0.15) is 0 Å². The molecule has 1 saturated carbocycles. The molecule has 1 fully saturated rings. The summed E-state index contributed by atoms with van der Waals surface area (Å²) in [7, 11) is 5.79. The standard InChI is InChI=1S/C20H35N5O/c1-5-21-19(22-15-17-9-8-10-18(24-17)25(2)3)23-16-20(13-14-26-4)11-6-7-12-20/h8-10H,5-7,11-16H2,1-4H3,(H2,21,22,23). The Morgan fingerprint density at radius 3 is 2.69 bits per heavy atom. The predicted octanol–water partition coefficient (Wildman–Crippen LogP) is 2.80. The van der Waals surface area contributed by atoms with E-state index in [0.29, 0.717) is 12.0 Å². The zero-order chi connectivity index (χ0) is 18.8. The van der Waals surface area contributed by atoms with E-state index in [4.69, 9.17) is 9.73 Å². The van der Waals surface area contributed by atoms with E-state index in [1.54, 1.807) is 7.11 Å². The summed E-state index contributed by atoms with van der Waals surface area (Å²) in [6.45, 7) is 5.30. The monoisotopic (exact) mass is 361 g/mol. The van der Waals surface area contributed by atoms with Crippen LogP contribution in [0, 0.1) is 5.41 Å². The molecular weight excluding hydrogens is 326 g/mol. The van der Waals surface area contributed by atoms with Crippen LogP contribution < -0.4 is 15.5 Å². The van der Waals surface area contributed by atoms with E-state index in [1.165, 1.54) is 25.7 Å².